The van der Waals surface area contributed by atoms with Crippen LogP contribution >= 0.6 is 11.6 Å². The Bertz CT molecular complexity index is 335. The molecule has 0 aromatic heterocycles. The number of halogens is 1. The van der Waals surface area contributed by atoms with Gasteiger partial charge in [0.2, 0.25) is 0 Å². The maximum absolute atomic E-state index is 6.31. The third-order valence-corrected chi connectivity index (χ3v) is 3.31. The minimum Gasteiger partial charge on any atom is -0.493 e. The van der Waals surface area contributed by atoms with Crippen molar-refractivity contribution in [1.82, 2.24) is 0 Å². The number of hydrogen-bond acceptors (Lipinski definition) is 1. The van der Waals surface area contributed by atoms with Crippen molar-refractivity contribution < 1.29 is 4.74 Å². The molecule has 2 heteroatoms. The van der Waals surface area contributed by atoms with Gasteiger partial charge in [0.05, 0.1) is 12.0 Å². The fourth-order valence-electron chi connectivity index (χ4n) is 2.00. The van der Waals surface area contributed by atoms with Crippen molar-refractivity contribution in [3.8, 4) is 5.75 Å². The second-order valence-corrected chi connectivity index (χ2v) is 4.60. The normalized spacial score (nSPS) is 16.7. The van der Waals surface area contributed by atoms with Crippen LogP contribution in [0.15, 0.2) is 18.2 Å². The van der Waals surface area contributed by atoms with Crippen molar-refractivity contribution in [2.24, 2.45) is 0 Å². The first-order chi connectivity index (χ1) is 7.31. The zero-order valence-electron chi connectivity index (χ0n) is 9.13. The molecule has 1 heterocycles. The Kier molecular flexibility index (Phi) is 3.53. The molecule has 1 aliphatic heterocycles. The molecule has 0 spiro atoms. The van der Waals surface area contributed by atoms with Gasteiger partial charge in [0.15, 0.2) is 0 Å². The van der Waals surface area contributed by atoms with Crippen LogP contribution in [-0.2, 0) is 6.42 Å². The summed E-state index contributed by atoms with van der Waals surface area (Å²) in [6.45, 7) is 3.02. The average molecular weight is 225 g/mol. The summed E-state index contributed by atoms with van der Waals surface area (Å²) < 4.78 is 5.58. The van der Waals surface area contributed by atoms with E-state index in [1.54, 1.807) is 0 Å². The van der Waals surface area contributed by atoms with E-state index in [9.17, 15) is 0 Å². The van der Waals surface area contributed by atoms with Crippen molar-refractivity contribution in [1.29, 1.82) is 0 Å². The van der Waals surface area contributed by atoms with Crippen LogP contribution < -0.4 is 4.74 Å². The van der Waals surface area contributed by atoms with Crippen LogP contribution in [0.1, 0.15) is 42.7 Å². The molecule has 1 aromatic carbocycles. The SMILES string of the molecule is CCCC(Cl)c1ccc2c(c1)CCCO2. The summed E-state index contributed by atoms with van der Waals surface area (Å²) >= 11 is 6.31. The summed E-state index contributed by atoms with van der Waals surface area (Å²) in [5.41, 5.74) is 2.56. The number of hydrogen-bond donors (Lipinski definition) is 0. The lowest BCUT2D eigenvalue weighted by molar-refractivity contribution is 0.288. The summed E-state index contributed by atoms with van der Waals surface area (Å²) in [5, 5.41) is 0.155. The molecule has 1 unspecified atom stereocenters. The van der Waals surface area contributed by atoms with Gasteiger partial charge in [0.25, 0.3) is 0 Å². The summed E-state index contributed by atoms with van der Waals surface area (Å²) in [6, 6.07) is 6.37. The molecule has 1 aliphatic rings. The maximum atomic E-state index is 6.31. The molecule has 0 fully saturated rings. The standard InChI is InChI=1S/C13H17ClO/c1-2-4-12(14)10-6-7-13-11(9-10)5-3-8-15-13/h6-7,9,12H,2-5,8H2,1H3. The highest BCUT2D eigenvalue weighted by molar-refractivity contribution is 6.20. The van der Waals surface area contributed by atoms with Gasteiger partial charge in [-0.3, -0.25) is 0 Å². The summed E-state index contributed by atoms with van der Waals surface area (Å²) in [5.74, 6) is 1.05. The minimum atomic E-state index is 0.155. The fraction of sp³-hybridized carbons (Fsp3) is 0.538. The quantitative estimate of drug-likeness (QED) is 0.703. The lowest BCUT2D eigenvalue weighted by Gasteiger charge is -2.19. The number of aryl methyl sites for hydroxylation is 1. The van der Waals surface area contributed by atoms with Crippen molar-refractivity contribution >= 4 is 11.6 Å². The van der Waals surface area contributed by atoms with E-state index < -0.39 is 0 Å². The molecule has 0 saturated heterocycles. The molecule has 1 nitrogen and oxygen atoms in total. The van der Waals surface area contributed by atoms with Gasteiger partial charge in [-0.25, -0.2) is 0 Å². The second kappa shape index (κ2) is 4.89. The van der Waals surface area contributed by atoms with E-state index in [1.165, 1.54) is 11.1 Å². The molecule has 2 rings (SSSR count). The molecular formula is C13H17ClO. The van der Waals surface area contributed by atoms with Crippen LogP contribution in [0.3, 0.4) is 0 Å². The van der Waals surface area contributed by atoms with Crippen molar-refractivity contribution in [3.05, 3.63) is 29.3 Å². The predicted octanol–water partition coefficient (Wildman–Crippen LogP) is 4.09. The highest BCUT2D eigenvalue weighted by Gasteiger charge is 2.13. The second-order valence-electron chi connectivity index (χ2n) is 4.08. The van der Waals surface area contributed by atoms with Crippen molar-refractivity contribution in [2.75, 3.05) is 6.61 Å². The smallest absolute Gasteiger partial charge is 0.122 e. The number of fused-ring (bicyclic) bond motifs is 1. The van der Waals surface area contributed by atoms with Gasteiger partial charge in [-0.15, -0.1) is 11.6 Å². The molecule has 0 saturated carbocycles. The molecule has 0 amide bonds. The first-order valence-electron chi connectivity index (χ1n) is 5.71. The molecule has 15 heavy (non-hydrogen) atoms. The van der Waals surface area contributed by atoms with Crippen LogP contribution in [0.25, 0.3) is 0 Å². The third-order valence-electron chi connectivity index (χ3n) is 2.84. The Morgan fingerprint density at radius 1 is 1.47 bits per heavy atom. The van der Waals surface area contributed by atoms with Gasteiger partial charge in [0.1, 0.15) is 5.75 Å². The van der Waals surface area contributed by atoms with E-state index in [2.05, 4.69) is 25.1 Å². The van der Waals surface area contributed by atoms with Gasteiger partial charge in [-0.05, 0) is 36.5 Å². The Balaban J connectivity index is 2.20. The van der Waals surface area contributed by atoms with E-state index in [0.29, 0.717) is 0 Å². The van der Waals surface area contributed by atoms with Gasteiger partial charge >= 0.3 is 0 Å². The topological polar surface area (TPSA) is 9.23 Å². The van der Waals surface area contributed by atoms with Crippen LogP contribution in [0.2, 0.25) is 0 Å². The van der Waals surface area contributed by atoms with Crippen molar-refractivity contribution in [3.63, 3.8) is 0 Å². The highest BCUT2D eigenvalue weighted by atomic mass is 35.5. The van der Waals surface area contributed by atoms with E-state index in [1.807, 2.05) is 0 Å². The maximum Gasteiger partial charge on any atom is 0.122 e. The molecule has 0 N–H and O–H groups in total. The van der Waals surface area contributed by atoms with Gasteiger partial charge in [0, 0.05) is 0 Å². The summed E-state index contributed by atoms with van der Waals surface area (Å²) in [6.07, 6.45) is 4.42. The fourth-order valence-corrected chi connectivity index (χ4v) is 2.35. The molecule has 1 atom stereocenters. The Morgan fingerprint density at radius 3 is 3.13 bits per heavy atom. The molecule has 82 valence electrons. The predicted molar refractivity (Wildman–Crippen MR) is 63.8 cm³/mol. The van der Waals surface area contributed by atoms with E-state index in [0.717, 1.165) is 38.0 Å². The Labute approximate surface area is 96.4 Å². The van der Waals surface area contributed by atoms with Gasteiger partial charge in [-0.1, -0.05) is 25.5 Å². The number of alkyl halides is 1. The lowest BCUT2D eigenvalue weighted by atomic mass is 10.0. The first kappa shape index (κ1) is 10.8. The van der Waals surface area contributed by atoms with Crippen LogP contribution in [0.5, 0.6) is 5.75 Å². The van der Waals surface area contributed by atoms with Crippen molar-refractivity contribution in [2.45, 2.75) is 38.0 Å². The van der Waals surface area contributed by atoms with E-state index in [-0.39, 0.29) is 5.38 Å². The number of benzene rings is 1. The third kappa shape index (κ3) is 2.46. The summed E-state index contributed by atoms with van der Waals surface area (Å²) in [7, 11) is 0. The first-order valence-corrected chi connectivity index (χ1v) is 6.14. The van der Waals surface area contributed by atoms with Crippen LogP contribution in [0.4, 0.5) is 0 Å². The van der Waals surface area contributed by atoms with Gasteiger partial charge in [-0.2, -0.15) is 0 Å². The molecular weight excluding hydrogens is 208 g/mol. The minimum absolute atomic E-state index is 0.155. The summed E-state index contributed by atoms with van der Waals surface area (Å²) in [4.78, 5) is 0. The van der Waals surface area contributed by atoms with E-state index in [4.69, 9.17) is 16.3 Å². The number of ether oxygens (including phenoxy) is 1. The molecule has 0 bridgehead atoms. The molecule has 0 aliphatic carbocycles. The highest BCUT2D eigenvalue weighted by Crippen LogP contribution is 2.31. The Morgan fingerprint density at radius 2 is 2.33 bits per heavy atom. The molecule has 0 radical (unpaired) electrons. The Hall–Kier alpha value is -0.690. The molecule has 1 aromatic rings. The van der Waals surface area contributed by atoms with Gasteiger partial charge < -0.3 is 4.74 Å². The lowest BCUT2D eigenvalue weighted by Crippen LogP contribution is -2.08. The monoisotopic (exact) mass is 224 g/mol. The average Bonchev–Trinajstić information content (AvgIpc) is 2.29. The largest absolute Gasteiger partial charge is 0.493 e. The van der Waals surface area contributed by atoms with Crippen LogP contribution in [0, 0.1) is 0 Å². The zero-order chi connectivity index (χ0) is 10.7. The van der Waals surface area contributed by atoms with E-state index >= 15 is 0 Å². The zero-order valence-corrected chi connectivity index (χ0v) is 9.89. The van der Waals surface area contributed by atoms with Crippen LogP contribution in [-0.4, -0.2) is 6.61 Å². The number of rotatable bonds is 3.